The monoisotopic (exact) mass is 475 g/mol. The topological polar surface area (TPSA) is 71.4 Å². The van der Waals surface area contributed by atoms with Crippen molar-refractivity contribution in [1.82, 2.24) is 9.91 Å². The maximum atomic E-state index is 14.5. The molecular formula is C27H26FN3O4. The summed E-state index contributed by atoms with van der Waals surface area (Å²) in [6, 6.07) is 19.9. The van der Waals surface area contributed by atoms with E-state index >= 15 is 0 Å². The van der Waals surface area contributed by atoms with Gasteiger partial charge in [-0.25, -0.2) is 9.40 Å². The number of nitrogens with zero attached hydrogens (tertiary/aromatic N) is 3. The number of rotatable bonds is 7. The van der Waals surface area contributed by atoms with E-state index in [4.69, 9.17) is 9.47 Å². The molecule has 35 heavy (non-hydrogen) atoms. The number of hydrogen-bond acceptors (Lipinski definition) is 5. The van der Waals surface area contributed by atoms with Crippen LogP contribution in [-0.4, -0.2) is 55.2 Å². The fourth-order valence-electron chi connectivity index (χ4n) is 3.99. The van der Waals surface area contributed by atoms with Gasteiger partial charge in [0, 0.05) is 24.6 Å². The van der Waals surface area contributed by atoms with Crippen molar-refractivity contribution in [3.8, 4) is 11.5 Å². The first kappa shape index (κ1) is 23.9. The highest BCUT2D eigenvalue weighted by atomic mass is 19.1. The summed E-state index contributed by atoms with van der Waals surface area (Å²) < 4.78 is 24.9. The van der Waals surface area contributed by atoms with Crippen LogP contribution >= 0.6 is 0 Å². The number of carbonyl (C=O) groups excluding carboxylic acids is 2. The van der Waals surface area contributed by atoms with Crippen molar-refractivity contribution in [2.24, 2.45) is 5.10 Å². The van der Waals surface area contributed by atoms with Crippen LogP contribution in [0.2, 0.25) is 0 Å². The lowest BCUT2D eigenvalue weighted by atomic mass is 9.98. The minimum absolute atomic E-state index is 0.189. The molecule has 0 bridgehead atoms. The van der Waals surface area contributed by atoms with Gasteiger partial charge in [-0.2, -0.15) is 5.10 Å². The number of benzene rings is 3. The lowest BCUT2D eigenvalue weighted by Gasteiger charge is -2.25. The Morgan fingerprint density at radius 2 is 1.57 bits per heavy atom. The molecule has 0 saturated carbocycles. The van der Waals surface area contributed by atoms with Crippen LogP contribution in [0, 0.1) is 5.82 Å². The van der Waals surface area contributed by atoms with Crippen molar-refractivity contribution in [3.05, 3.63) is 95.3 Å². The Labute approximate surface area is 203 Å². The second kappa shape index (κ2) is 10.4. The first-order valence-electron chi connectivity index (χ1n) is 11.1. The molecule has 1 atom stereocenters. The number of hydrogen-bond donors (Lipinski definition) is 0. The molecular weight excluding hydrogens is 449 g/mol. The zero-order chi connectivity index (χ0) is 24.9. The van der Waals surface area contributed by atoms with E-state index < -0.39 is 11.9 Å². The molecule has 1 aliphatic rings. The minimum Gasteiger partial charge on any atom is -0.497 e. The highest BCUT2D eigenvalue weighted by Gasteiger charge is 2.34. The van der Waals surface area contributed by atoms with Crippen molar-refractivity contribution in [2.75, 3.05) is 27.8 Å². The molecule has 1 aliphatic heterocycles. The number of amides is 2. The zero-order valence-electron chi connectivity index (χ0n) is 19.8. The van der Waals surface area contributed by atoms with Crippen LogP contribution in [0.4, 0.5) is 4.39 Å². The number of likely N-dealkylation sites (N-methyl/N-ethyl adjacent to an activating group) is 1. The Kier molecular flexibility index (Phi) is 7.10. The molecule has 0 aliphatic carbocycles. The molecule has 3 aromatic rings. The van der Waals surface area contributed by atoms with Crippen LogP contribution < -0.4 is 9.47 Å². The normalized spacial score (nSPS) is 14.9. The van der Waals surface area contributed by atoms with Gasteiger partial charge in [-0.3, -0.25) is 9.59 Å². The number of halogens is 1. The van der Waals surface area contributed by atoms with Crippen LogP contribution in [0.3, 0.4) is 0 Å². The third-order valence-electron chi connectivity index (χ3n) is 5.91. The molecule has 180 valence electrons. The summed E-state index contributed by atoms with van der Waals surface area (Å²) in [5.74, 6) is 0.237. The summed E-state index contributed by atoms with van der Waals surface area (Å²) in [4.78, 5) is 27.5. The molecule has 0 saturated heterocycles. The average molecular weight is 476 g/mol. The fourth-order valence-corrected chi connectivity index (χ4v) is 3.99. The van der Waals surface area contributed by atoms with Crippen molar-refractivity contribution >= 4 is 17.5 Å². The number of methoxy groups -OCH3 is 2. The van der Waals surface area contributed by atoms with E-state index in [1.165, 1.54) is 16.0 Å². The summed E-state index contributed by atoms with van der Waals surface area (Å²) in [6.45, 7) is -0.189. The van der Waals surface area contributed by atoms with Gasteiger partial charge in [0.1, 0.15) is 23.9 Å². The molecule has 0 aromatic heterocycles. The van der Waals surface area contributed by atoms with Crippen LogP contribution in [0.15, 0.2) is 77.9 Å². The lowest BCUT2D eigenvalue weighted by molar-refractivity contribution is -0.133. The number of hydrazone groups is 1. The molecule has 4 rings (SSSR count). The first-order valence-corrected chi connectivity index (χ1v) is 11.1. The maximum absolute atomic E-state index is 14.5. The standard InChI is InChI=1S/C27H26FN3O4/c1-30(27(33)19-10-14-21(35-3)15-11-19)17-26(32)31-25(18-8-12-20(34-2)13-9-18)16-24(29-31)22-6-4-5-7-23(22)28/h4-15,25H,16-17H2,1-3H3/t25-/m0/s1. The molecule has 0 radical (unpaired) electrons. The van der Waals surface area contributed by atoms with E-state index in [0.717, 1.165) is 5.56 Å². The van der Waals surface area contributed by atoms with E-state index in [-0.39, 0.29) is 18.4 Å². The minimum atomic E-state index is -0.437. The summed E-state index contributed by atoms with van der Waals surface area (Å²) in [7, 11) is 4.69. The summed E-state index contributed by atoms with van der Waals surface area (Å²) in [5.41, 5.74) is 2.09. The van der Waals surface area contributed by atoms with Crippen molar-refractivity contribution in [1.29, 1.82) is 0 Å². The van der Waals surface area contributed by atoms with E-state index in [1.807, 2.05) is 12.1 Å². The molecule has 0 N–H and O–H groups in total. The van der Waals surface area contributed by atoms with Crippen molar-refractivity contribution in [2.45, 2.75) is 12.5 Å². The predicted octanol–water partition coefficient (Wildman–Crippen LogP) is 4.29. The zero-order valence-corrected chi connectivity index (χ0v) is 19.8. The second-order valence-corrected chi connectivity index (χ2v) is 8.15. The van der Waals surface area contributed by atoms with Crippen LogP contribution in [0.5, 0.6) is 11.5 Å². The van der Waals surface area contributed by atoms with Gasteiger partial charge in [0.25, 0.3) is 11.8 Å². The highest BCUT2D eigenvalue weighted by Crippen LogP contribution is 2.34. The SMILES string of the molecule is COc1ccc(C(=O)N(C)CC(=O)N2N=C(c3ccccc3F)C[C@H]2c2ccc(OC)cc2)cc1. The Morgan fingerprint density at radius 3 is 2.17 bits per heavy atom. The Bertz CT molecular complexity index is 1240. The molecule has 0 unspecified atom stereocenters. The van der Waals surface area contributed by atoms with Gasteiger partial charge in [0.2, 0.25) is 0 Å². The third-order valence-corrected chi connectivity index (χ3v) is 5.91. The fraction of sp³-hybridized carbons (Fsp3) is 0.222. The van der Waals surface area contributed by atoms with Gasteiger partial charge in [-0.05, 0) is 48.0 Å². The maximum Gasteiger partial charge on any atom is 0.262 e. The smallest absolute Gasteiger partial charge is 0.262 e. The van der Waals surface area contributed by atoms with E-state index in [9.17, 15) is 14.0 Å². The molecule has 1 heterocycles. The summed E-state index contributed by atoms with van der Waals surface area (Å²) in [6.07, 6.45) is 0.342. The van der Waals surface area contributed by atoms with Gasteiger partial charge in [-0.1, -0.05) is 30.3 Å². The summed E-state index contributed by atoms with van der Waals surface area (Å²) >= 11 is 0. The molecule has 0 fully saturated rings. The quantitative estimate of drug-likeness (QED) is 0.511. The van der Waals surface area contributed by atoms with Gasteiger partial charge in [0.05, 0.1) is 26.0 Å². The molecule has 8 heteroatoms. The molecule has 0 spiro atoms. The Hall–Kier alpha value is -4.20. The average Bonchev–Trinajstić information content (AvgIpc) is 3.34. The van der Waals surface area contributed by atoms with E-state index in [1.54, 1.807) is 75.9 Å². The van der Waals surface area contributed by atoms with E-state index in [2.05, 4.69) is 5.10 Å². The predicted molar refractivity (Wildman–Crippen MR) is 130 cm³/mol. The van der Waals surface area contributed by atoms with Crippen LogP contribution in [0.25, 0.3) is 0 Å². The number of carbonyl (C=O) groups is 2. The number of ether oxygens (including phenoxy) is 2. The molecule has 7 nitrogen and oxygen atoms in total. The first-order chi connectivity index (χ1) is 16.9. The second-order valence-electron chi connectivity index (χ2n) is 8.15. The molecule has 2 amide bonds. The van der Waals surface area contributed by atoms with Gasteiger partial charge < -0.3 is 14.4 Å². The largest absolute Gasteiger partial charge is 0.497 e. The Morgan fingerprint density at radius 1 is 0.971 bits per heavy atom. The highest BCUT2D eigenvalue weighted by molar-refractivity contribution is 6.04. The van der Waals surface area contributed by atoms with Crippen LogP contribution in [-0.2, 0) is 4.79 Å². The summed E-state index contributed by atoms with van der Waals surface area (Å²) in [5, 5.41) is 5.85. The third kappa shape index (κ3) is 5.16. The van der Waals surface area contributed by atoms with Gasteiger partial charge in [0.15, 0.2) is 0 Å². The van der Waals surface area contributed by atoms with Gasteiger partial charge in [-0.15, -0.1) is 0 Å². The molecule has 3 aromatic carbocycles. The lowest BCUT2D eigenvalue weighted by Crippen LogP contribution is -2.39. The van der Waals surface area contributed by atoms with Gasteiger partial charge >= 0.3 is 0 Å². The van der Waals surface area contributed by atoms with Crippen molar-refractivity contribution < 1.29 is 23.5 Å². The van der Waals surface area contributed by atoms with Crippen LogP contribution in [0.1, 0.15) is 33.9 Å². The Balaban J connectivity index is 1.58. The van der Waals surface area contributed by atoms with Crippen molar-refractivity contribution in [3.63, 3.8) is 0 Å². The van der Waals surface area contributed by atoms with E-state index in [0.29, 0.717) is 34.8 Å².